The van der Waals surface area contributed by atoms with Crippen molar-refractivity contribution in [2.45, 2.75) is 70.5 Å². The Labute approximate surface area is 187 Å². The van der Waals surface area contributed by atoms with Crippen molar-refractivity contribution >= 4 is 0 Å². The Morgan fingerprint density at radius 3 is 2.77 bits per heavy atom. The SMILES string of the molecule is c1cncc(CN(Cc2ccc3c(c2)CCO3)C[C@@H]2CCCN(C3CCCCC3)C2)c1. The summed E-state index contributed by atoms with van der Waals surface area (Å²) in [6.45, 7) is 6.58. The van der Waals surface area contributed by atoms with Gasteiger partial charge < -0.3 is 9.64 Å². The van der Waals surface area contributed by atoms with Crippen molar-refractivity contribution in [3.05, 3.63) is 59.4 Å². The first-order valence-electron chi connectivity index (χ1n) is 12.4. The molecule has 2 aromatic rings. The van der Waals surface area contributed by atoms with Crippen molar-refractivity contribution in [2.24, 2.45) is 5.92 Å². The van der Waals surface area contributed by atoms with Gasteiger partial charge in [-0.1, -0.05) is 37.5 Å². The van der Waals surface area contributed by atoms with Crippen molar-refractivity contribution in [3.8, 4) is 5.75 Å². The third kappa shape index (κ3) is 5.48. The number of aromatic nitrogens is 1. The van der Waals surface area contributed by atoms with E-state index in [2.05, 4.69) is 45.1 Å². The molecule has 0 radical (unpaired) electrons. The highest BCUT2D eigenvalue weighted by atomic mass is 16.5. The number of pyridine rings is 1. The molecule has 31 heavy (non-hydrogen) atoms. The van der Waals surface area contributed by atoms with Gasteiger partial charge in [-0.3, -0.25) is 9.88 Å². The minimum atomic E-state index is 0.769. The van der Waals surface area contributed by atoms with Crippen LogP contribution in [0.3, 0.4) is 0 Å². The van der Waals surface area contributed by atoms with Gasteiger partial charge in [-0.2, -0.15) is 0 Å². The highest BCUT2D eigenvalue weighted by molar-refractivity contribution is 5.39. The van der Waals surface area contributed by atoms with Gasteiger partial charge in [0.1, 0.15) is 5.75 Å². The zero-order valence-electron chi connectivity index (χ0n) is 18.8. The van der Waals surface area contributed by atoms with Crippen LogP contribution < -0.4 is 4.74 Å². The zero-order chi connectivity index (χ0) is 20.9. The number of benzene rings is 1. The third-order valence-electron chi connectivity index (χ3n) is 7.45. The summed E-state index contributed by atoms with van der Waals surface area (Å²) in [5, 5.41) is 0. The number of rotatable bonds is 7. The van der Waals surface area contributed by atoms with E-state index >= 15 is 0 Å². The Hall–Kier alpha value is -1.91. The number of likely N-dealkylation sites (tertiary alicyclic amines) is 1. The van der Waals surface area contributed by atoms with Gasteiger partial charge in [0, 0.05) is 51.0 Å². The van der Waals surface area contributed by atoms with Crippen LogP contribution in [0.25, 0.3) is 0 Å². The fraction of sp³-hybridized carbons (Fsp3) is 0.593. The highest BCUT2D eigenvalue weighted by Crippen LogP contribution is 2.29. The highest BCUT2D eigenvalue weighted by Gasteiger charge is 2.28. The number of piperidine rings is 1. The van der Waals surface area contributed by atoms with E-state index in [9.17, 15) is 0 Å². The average Bonchev–Trinajstić information content (AvgIpc) is 3.28. The van der Waals surface area contributed by atoms with E-state index in [4.69, 9.17) is 4.74 Å². The van der Waals surface area contributed by atoms with Crippen LogP contribution in [0.4, 0.5) is 0 Å². The number of hydrogen-bond donors (Lipinski definition) is 0. The third-order valence-corrected chi connectivity index (χ3v) is 7.45. The van der Waals surface area contributed by atoms with Gasteiger partial charge in [-0.15, -0.1) is 0 Å². The maximum atomic E-state index is 5.72. The molecule has 5 rings (SSSR count). The molecule has 1 atom stereocenters. The summed E-state index contributed by atoms with van der Waals surface area (Å²) >= 11 is 0. The predicted octanol–water partition coefficient (Wildman–Crippen LogP) is 5.06. The van der Waals surface area contributed by atoms with Crippen LogP contribution in [0, 0.1) is 5.92 Å². The van der Waals surface area contributed by atoms with E-state index in [-0.39, 0.29) is 0 Å². The number of ether oxygens (including phenoxy) is 1. The second kappa shape index (κ2) is 10.1. The summed E-state index contributed by atoms with van der Waals surface area (Å²) < 4.78 is 5.72. The van der Waals surface area contributed by atoms with Crippen LogP contribution in [-0.4, -0.2) is 47.1 Å². The summed E-state index contributed by atoms with van der Waals surface area (Å²) in [5.41, 5.74) is 4.10. The molecule has 0 spiro atoms. The summed E-state index contributed by atoms with van der Waals surface area (Å²) in [6.07, 6.45) is 14.8. The molecule has 2 aliphatic heterocycles. The molecule has 166 valence electrons. The second-order valence-corrected chi connectivity index (χ2v) is 9.87. The first-order chi connectivity index (χ1) is 15.3. The maximum absolute atomic E-state index is 5.72. The maximum Gasteiger partial charge on any atom is 0.122 e. The van der Waals surface area contributed by atoms with Gasteiger partial charge in [0.05, 0.1) is 6.61 Å². The van der Waals surface area contributed by atoms with E-state index in [0.29, 0.717) is 0 Å². The standard InChI is InChI=1S/C27H37N3O/c1-2-8-26(9-3-1)30-14-5-7-24(21-30)20-29(19-23-6-4-13-28-17-23)18-22-10-11-27-25(16-22)12-15-31-27/h4,6,10-11,13,16-17,24,26H,1-3,5,7-9,12,14-15,18-21H2/t24-/m0/s1. The molecule has 0 N–H and O–H groups in total. The van der Waals surface area contributed by atoms with Crippen LogP contribution in [-0.2, 0) is 19.5 Å². The molecular weight excluding hydrogens is 382 g/mol. The lowest BCUT2D eigenvalue weighted by Gasteiger charge is -2.41. The molecular formula is C27H37N3O. The van der Waals surface area contributed by atoms with Crippen LogP contribution >= 0.6 is 0 Å². The molecule has 1 saturated carbocycles. The van der Waals surface area contributed by atoms with Gasteiger partial charge in [0.15, 0.2) is 0 Å². The first-order valence-corrected chi connectivity index (χ1v) is 12.4. The van der Waals surface area contributed by atoms with Crippen LogP contribution in [0.15, 0.2) is 42.7 Å². The lowest BCUT2D eigenvalue weighted by Crippen LogP contribution is -2.46. The van der Waals surface area contributed by atoms with E-state index in [1.807, 2.05) is 12.4 Å². The molecule has 0 unspecified atom stereocenters. The largest absolute Gasteiger partial charge is 0.493 e. The van der Waals surface area contributed by atoms with Crippen LogP contribution in [0.5, 0.6) is 5.75 Å². The Kier molecular flexibility index (Phi) is 6.86. The van der Waals surface area contributed by atoms with Crippen molar-refractivity contribution in [3.63, 3.8) is 0 Å². The Balaban J connectivity index is 1.27. The molecule has 0 bridgehead atoms. The molecule has 0 amide bonds. The summed E-state index contributed by atoms with van der Waals surface area (Å²) in [6, 6.07) is 11.9. The lowest BCUT2D eigenvalue weighted by atomic mass is 9.90. The normalized spacial score (nSPS) is 22.4. The molecule has 2 fully saturated rings. The monoisotopic (exact) mass is 419 g/mol. The first kappa shape index (κ1) is 21.0. The van der Waals surface area contributed by atoms with Crippen LogP contribution in [0.1, 0.15) is 61.6 Å². The van der Waals surface area contributed by atoms with Crippen molar-refractivity contribution < 1.29 is 4.74 Å². The van der Waals surface area contributed by atoms with E-state index in [1.54, 1.807) is 0 Å². The van der Waals surface area contributed by atoms with Crippen LogP contribution in [0.2, 0.25) is 0 Å². The second-order valence-electron chi connectivity index (χ2n) is 9.87. The summed E-state index contributed by atoms with van der Waals surface area (Å²) in [5.74, 6) is 1.85. The molecule has 1 aromatic heterocycles. The van der Waals surface area contributed by atoms with Gasteiger partial charge >= 0.3 is 0 Å². The average molecular weight is 420 g/mol. The van der Waals surface area contributed by atoms with E-state index in [0.717, 1.165) is 43.8 Å². The van der Waals surface area contributed by atoms with Crippen molar-refractivity contribution in [1.82, 2.24) is 14.8 Å². The smallest absolute Gasteiger partial charge is 0.122 e. The Morgan fingerprint density at radius 2 is 1.90 bits per heavy atom. The quantitative estimate of drug-likeness (QED) is 0.627. The van der Waals surface area contributed by atoms with E-state index in [1.165, 1.54) is 81.3 Å². The number of fused-ring (bicyclic) bond motifs is 1. The van der Waals surface area contributed by atoms with Gasteiger partial charge in [0.25, 0.3) is 0 Å². The lowest BCUT2D eigenvalue weighted by molar-refractivity contribution is 0.0771. The zero-order valence-corrected chi connectivity index (χ0v) is 18.8. The van der Waals surface area contributed by atoms with Crippen molar-refractivity contribution in [2.75, 3.05) is 26.2 Å². The molecule has 4 heteroatoms. The number of hydrogen-bond acceptors (Lipinski definition) is 4. The molecule has 1 aliphatic carbocycles. The van der Waals surface area contributed by atoms with Gasteiger partial charge in [0.2, 0.25) is 0 Å². The minimum Gasteiger partial charge on any atom is -0.493 e. The number of nitrogens with zero attached hydrogens (tertiary/aromatic N) is 3. The Bertz CT molecular complexity index is 834. The van der Waals surface area contributed by atoms with Gasteiger partial charge in [-0.05, 0) is 67.0 Å². The minimum absolute atomic E-state index is 0.769. The summed E-state index contributed by atoms with van der Waals surface area (Å²) in [7, 11) is 0. The fourth-order valence-corrected chi connectivity index (χ4v) is 5.92. The molecule has 4 nitrogen and oxygen atoms in total. The van der Waals surface area contributed by atoms with Gasteiger partial charge in [-0.25, -0.2) is 0 Å². The molecule has 3 heterocycles. The fourth-order valence-electron chi connectivity index (χ4n) is 5.92. The topological polar surface area (TPSA) is 28.6 Å². The van der Waals surface area contributed by atoms with Crippen molar-refractivity contribution in [1.29, 1.82) is 0 Å². The summed E-state index contributed by atoms with van der Waals surface area (Å²) in [4.78, 5) is 9.85. The van der Waals surface area contributed by atoms with E-state index < -0.39 is 0 Å². The molecule has 1 aromatic carbocycles. The molecule has 1 saturated heterocycles. The Morgan fingerprint density at radius 1 is 1.00 bits per heavy atom. The molecule has 3 aliphatic rings. The predicted molar refractivity (Wildman–Crippen MR) is 125 cm³/mol.